The molecule has 0 saturated carbocycles. The number of rotatable bonds is 3. The maximum atomic E-state index is 11.7. The second-order valence-corrected chi connectivity index (χ2v) is 8.40. The largest absolute Gasteiger partial charge is 0.469 e. The summed E-state index contributed by atoms with van der Waals surface area (Å²) in [6.07, 6.45) is -0.413. The van der Waals surface area contributed by atoms with Crippen molar-refractivity contribution in [3.05, 3.63) is 0 Å². The zero-order valence-corrected chi connectivity index (χ0v) is 13.7. The van der Waals surface area contributed by atoms with Crippen LogP contribution in [-0.4, -0.2) is 51.2 Å². The third-order valence-electron chi connectivity index (χ3n) is 3.19. The summed E-state index contributed by atoms with van der Waals surface area (Å²) >= 11 is 0. The molecule has 0 aromatic carbocycles. The first-order valence-corrected chi connectivity index (χ1v) is 8.61. The summed E-state index contributed by atoms with van der Waals surface area (Å²) in [5, 5.41) is 2.52. The minimum atomic E-state index is -3.19. The second-order valence-electron chi connectivity index (χ2n) is 6.18. The maximum absolute atomic E-state index is 11.7. The Morgan fingerprint density at radius 1 is 1.29 bits per heavy atom. The molecule has 1 N–H and O–H groups in total. The number of hydrogen-bond acceptors (Lipinski definition) is 6. The van der Waals surface area contributed by atoms with Gasteiger partial charge in [0.05, 0.1) is 24.5 Å². The van der Waals surface area contributed by atoms with Crippen LogP contribution in [-0.2, 0) is 24.1 Å². The molecule has 1 saturated heterocycles. The highest BCUT2D eigenvalue weighted by molar-refractivity contribution is 7.91. The number of methoxy groups -OCH3 is 1. The van der Waals surface area contributed by atoms with Crippen molar-refractivity contribution in [2.24, 2.45) is 11.8 Å². The van der Waals surface area contributed by atoms with Crippen molar-refractivity contribution in [1.82, 2.24) is 5.32 Å². The lowest BCUT2D eigenvalue weighted by Gasteiger charge is -2.29. The molecule has 0 spiro atoms. The molecule has 1 rings (SSSR count). The molecule has 0 aromatic heterocycles. The fourth-order valence-electron chi connectivity index (χ4n) is 2.26. The lowest BCUT2D eigenvalue weighted by Crippen LogP contribution is -2.44. The summed E-state index contributed by atoms with van der Waals surface area (Å²) in [6, 6.07) is 0. The second kappa shape index (κ2) is 6.64. The molecule has 1 fully saturated rings. The summed E-state index contributed by atoms with van der Waals surface area (Å²) in [4.78, 5) is 23.3. The number of esters is 1. The Morgan fingerprint density at radius 2 is 1.90 bits per heavy atom. The zero-order valence-electron chi connectivity index (χ0n) is 12.8. The number of alkyl carbamates (subject to hydrolysis) is 1. The molecular formula is C13H23NO6S. The van der Waals surface area contributed by atoms with Crippen molar-refractivity contribution in [1.29, 1.82) is 0 Å². The lowest BCUT2D eigenvalue weighted by molar-refractivity contribution is -0.147. The van der Waals surface area contributed by atoms with Gasteiger partial charge in [0, 0.05) is 12.5 Å². The summed E-state index contributed by atoms with van der Waals surface area (Å²) in [5.74, 6) is -1.63. The first-order chi connectivity index (χ1) is 9.54. The Bertz CT molecular complexity index is 493. The van der Waals surface area contributed by atoms with E-state index in [1.54, 1.807) is 20.8 Å². The van der Waals surface area contributed by atoms with Crippen molar-refractivity contribution < 1.29 is 27.5 Å². The molecule has 0 aromatic rings. The van der Waals surface area contributed by atoms with Gasteiger partial charge in [0.1, 0.15) is 5.60 Å². The minimum Gasteiger partial charge on any atom is -0.469 e. The molecule has 1 aliphatic rings. The van der Waals surface area contributed by atoms with Crippen molar-refractivity contribution in [2.45, 2.75) is 32.8 Å². The van der Waals surface area contributed by atoms with Crippen molar-refractivity contribution in [2.75, 3.05) is 25.2 Å². The topological polar surface area (TPSA) is 98.8 Å². The molecule has 0 aliphatic carbocycles. The lowest BCUT2D eigenvalue weighted by atomic mass is 9.91. The summed E-state index contributed by atoms with van der Waals surface area (Å²) in [6.45, 7) is 5.26. The van der Waals surface area contributed by atoms with Gasteiger partial charge in [-0.25, -0.2) is 13.2 Å². The van der Waals surface area contributed by atoms with Crippen LogP contribution in [0.2, 0.25) is 0 Å². The number of carbonyl (C=O) groups is 2. The third kappa shape index (κ3) is 5.91. The Labute approximate surface area is 125 Å². The zero-order chi connectivity index (χ0) is 16.3. The van der Waals surface area contributed by atoms with Crippen LogP contribution in [0, 0.1) is 11.8 Å². The van der Waals surface area contributed by atoms with Crippen LogP contribution in [0.25, 0.3) is 0 Å². The van der Waals surface area contributed by atoms with Crippen molar-refractivity contribution in [3.8, 4) is 0 Å². The van der Waals surface area contributed by atoms with Crippen LogP contribution in [0.3, 0.4) is 0 Å². The van der Waals surface area contributed by atoms with Gasteiger partial charge in [0.15, 0.2) is 9.84 Å². The van der Waals surface area contributed by atoms with Gasteiger partial charge in [-0.2, -0.15) is 0 Å². The standard InChI is InChI=1S/C13H23NO6S/c1-13(2,3)20-12(16)14-7-9-8-21(17,18)6-5-10(9)11(15)19-4/h9-10H,5-8H2,1-4H3,(H,14,16). The molecule has 2 atom stereocenters. The predicted octanol–water partition coefficient (Wildman–Crippen LogP) is 0.735. The van der Waals surface area contributed by atoms with Crippen LogP contribution < -0.4 is 5.32 Å². The van der Waals surface area contributed by atoms with E-state index in [0.29, 0.717) is 0 Å². The van der Waals surface area contributed by atoms with Gasteiger partial charge in [0.25, 0.3) is 0 Å². The third-order valence-corrected chi connectivity index (χ3v) is 4.98. The van der Waals surface area contributed by atoms with Gasteiger partial charge in [0.2, 0.25) is 0 Å². The van der Waals surface area contributed by atoms with Gasteiger partial charge in [-0.1, -0.05) is 0 Å². The maximum Gasteiger partial charge on any atom is 0.407 e. The fraction of sp³-hybridized carbons (Fsp3) is 0.846. The Hall–Kier alpha value is -1.31. The molecule has 0 bridgehead atoms. The molecule has 0 radical (unpaired) electrons. The number of carbonyl (C=O) groups excluding carboxylic acids is 2. The molecule has 1 amide bonds. The number of sulfone groups is 1. The van der Waals surface area contributed by atoms with E-state index in [0.717, 1.165) is 0 Å². The first kappa shape index (κ1) is 17.7. The molecule has 122 valence electrons. The summed E-state index contributed by atoms with van der Waals surface area (Å²) in [7, 11) is -1.92. The highest BCUT2D eigenvalue weighted by Gasteiger charge is 2.38. The van der Waals surface area contributed by atoms with Crippen LogP contribution in [0.5, 0.6) is 0 Å². The van der Waals surface area contributed by atoms with E-state index < -0.39 is 39.3 Å². The molecule has 7 nitrogen and oxygen atoms in total. The van der Waals surface area contributed by atoms with Crippen molar-refractivity contribution in [3.63, 3.8) is 0 Å². The smallest absolute Gasteiger partial charge is 0.407 e. The fourth-order valence-corrected chi connectivity index (χ4v) is 4.04. The number of amides is 1. The van der Waals surface area contributed by atoms with E-state index in [1.165, 1.54) is 7.11 Å². The predicted molar refractivity (Wildman–Crippen MR) is 76.5 cm³/mol. The molecule has 2 unspecified atom stereocenters. The van der Waals surface area contributed by atoms with E-state index in [-0.39, 0.29) is 24.5 Å². The average Bonchev–Trinajstić information content (AvgIpc) is 2.32. The van der Waals surface area contributed by atoms with E-state index >= 15 is 0 Å². The molecule has 1 aliphatic heterocycles. The first-order valence-electron chi connectivity index (χ1n) is 6.79. The summed E-state index contributed by atoms with van der Waals surface area (Å²) in [5.41, 5.74) is -0.634. The van der Waals surface area contributed by atoms with Crippen LogP contribution in [0.4, 0.5) is 4.79 Å². The molecule has 8 heteroatoms. The van der Waals surface area contributed by atoms with Gasteiger partial charge in [-0.3, -0.25) is 4.79 Å². The minimum absolute atomic E-state index is 0.0320. The van der Waals surface area contributed by atoms with E-state index in [2.05, 4.69) is 5.32 Å². The number of ether oxygens (including phenoxy) is 2. The van der Waals surface area contributed by atoms with Gasteiger partial charge in [-0.05, 0) is 27.2 Å². The number of nitrogens with one attached hydrogen (secondary N) is 1. The van der Waals surface area contributed by atoms with Crippen molar-refractivity contribution >= 4 is 21.9 Å². The summed E-state index contributed by atoms with van der Waals surface area (Å²) < 4.78 is 33.2. The van der Waals surface area contributed by atoms with Crippen LogP contribution in [0.15, 0.2) is 0 Å². The monoisotopic (exact) mass is 321 g/mol. The average molecular weight is 321 g/mol. The van der Waals surface area contributed by atoms with Crippen LogP contribution >= 0.6 is 0 Å². The van der Waals surface area contributed by atoms with Gasteiger partial charge >= 0.3 is 12.1 Å². The quantitative estimate of drug-likeness (QED) is 0.770. The normalized spacial score (nSPS) is 25.0. The molecular weight excluding hydrogens is 298 g/mol. The molecule has 1 heterocycles. The Kier molecular flexibility index (Phi) is 5.61. The Morgan fingerprint density at radius 3 is 2.43 bits per heavy atom. The molecule has 21 heavy (non-hydrogen) atoms. The Balaban J connectivity index is 2.66. The number of hydrogen-bond donors (Lipinski definition) is 1. The SMILES string of the molecule is COC(=O)C1CCS(=O)(=O)CC1CNC(=O)OC(C)(C)C. The van der Waals surface area contributed by atoms with Gasteiger partial charge < -0.3 is 14.8 Å². The van der Waals surface area contributed by atoms with Gasteiger partial charge in [-0.15, -0.1) is 0 Å². The van der Waals surface area contributed by atoms with E-state index in [4.69, 9.17) is 9.47 Å². The van der Waals surface area contributed by atoms with E-state index in [9.17, 15) is 18.0 Å². The van der Waals surface area contributed by atoms with Crippen LogP contribution in [0.1, 0.15) is 27.2 Å². The highest BCUT2D eigenvalue weighted by Crippen LogP contribution is 2.26. The van der Waals surface area contributed by atoms with E-state index in [1.807, 2.05) is 0 Å². The highest BCUT2D eigenvalue weighted by atomic mass is 32.2.